The molecule has 1 saturated heterocycles. The van der Waals surface area contributed by atoms with Gasteiger partial charge in [-0.1, -0.05) is 6.92 Å². The van der Waals surface area contributed by atoms with E-state index in [1.165, 1.54) is 16.8 Å². The Kier molecular flexibility index (Phi) is 6.23. The predicted molar refractivity (Wildman–Crippen MR) is 165 cm³/mol. The molecule has 0 spiro atoms. The fraction of sp³-hybridized carbons (Fsp3) is 0.333. The molecule has 3 aliphatic heterocycles. The van der Waals surface area contributed by atoms with Crippen molar-refractivity contribution in [1.82, 2.24) is 14.9 Å². The zero-order valence-corrected chi connectivity index (χ0v) is 24.3. The molecule has 1 fully saturated rings. The van der Waals surface area contributed by atoms with Crippen LogP contribution in [0.15, 0.2) is 66.6 Å². The summed E-state index contributed by atoms with van der Waals surface area (Å²) in [5.74, 6) is 3.63. The van der Waals surface area contributed by atoms with E-state index in [4.69, 9.17) is 9.47 Å². The second-order valence-electron chi connectivity index (χ2n) is 11.6. The van der Waals surface area contributed by atoms with Crippen LogP contribution in [0, 0.1) is 6.92 Å². The number of rotatable bonds is 4. The summed E-state index contributed by atoms with van der Waals surface area (Å²) in [7, 11) is 4.27. The van der Waals surface area contributed by atoms with E-state index in [1.807, 2.05) is 18.2 Å². The molecule has 8 heteroatoms. The summed E-state index contributed by atoms with van der Waals surface area (Å²) < 4.78 is 12.8. The Hall–Kier alpha value is -4.30. The number of likely N-dealkylation sites (N-methyl/N-ethyl adjacent to an activating group) is 1. The molecule has 41 heavy (non-hydrogen) atoms. The van der Waals surface area contributed by atoms with E-state index in [0.717, 1.165) is 70.5 Å². The number of hydrogen-bond donors (Lipinski definition) is 1. The number of benzene rings is 3. The lowest BCUT2D eigenvalue weighted by molar-refractivity contribution is 0.190. The molecule has 4 aromatic rings. The number of aromatic nitrogens is 2. The number of nitrogens with zero attached hydrogens (tertiary/aromatic N) is 5. The lowest BCUT2D eigenvalue weighted by Gasteiger charge is -2.44. The second-order valence-corrected chi connectivity index (χ2v) is 11.6. The van der Waals surface area contributed by atoms with Crippen LogP contribution in [-0.4, -0.2) is 61.2 Å². The highest BCUT2D eigenvalue weighted by Gasteiger charge is 2.33. The lowest BCUT2D eigenvalue weighted by Crippen LogP contribution is -2.56. The summed E-state index contributed by atoms with van der Waals surface area (Å²) in [5.41, 5.74) is 7.80. The van der Waals surface area contributed by atoms with Gasteiger partial charge in [-0.25, -0.2) is 9.97 Å². The first-order valence-electron chi connectivity index (χ1n) is 14.3. The molecule has 4 heterocycles. The molecule has 2 atom stereocenters. The van der Waals surface area contributed by atoms with Crippen molar-refractivity contribution in [2.24, 2.45) is 0 Å². The van der Waals surface area contributed by atoms with Gasteiger partial charge >= 0.3 is 0 Å². The molecule has 0 bridgehead atoms. The average Bonchev–Trinajstić information content (AvgIpc) is 2.97. The first-order chi connectivity index (χ1) is 19.9. The van der Waals surface area contributed by atoms with Crippen LogP contribution in [0.1, 0.15) is 30.9 Å². The van der Waals surface area contributed by atoms with Gasteiger partial charge in [0.15, 0.2) is 5.75 Å². The third-order valence-electron chi connectivity index (χ3n) is 8.74. The number of piperazine rings is 1. The first-order valence-corrected chi connectivity index (χ1v) is 14.3. The molecular weight excluding hydrogens is 512 g/mol. The quantitative estimate of drug-likeness (QED) is 0.312. The standard InChI is InChI=1S/C33H36N6O2/c1-20-14-23(6-11-30(20)41-25-7-9-28-26(15-25)22(3)21(2)16-38(28)5)36-33-31-27(34-19-35-33)8-10-29-32(31)40-18-24-17-37(4)12-13-39(24)29/h6-11,14-16,19,22,24H,12-13,17-18H2,1-5H3,(H,34,35,36). The van der Waals surface area contributed by atoms with Gasteiger partial charge in [0, 0.05) is 50.2 Å². The van der Waals surface area contributed by atoms with Crippen LogP contribution in [0.2, 0.25) is 0 Å². The van der Waals surface area contributed by atoms with Crippen molar-refractivity contribution >= 4 is 33.8 Å². The molecule has 2 unspecified atom stereocenters. The van der Waals surface area contributed by atoms with Crippen molar-refractivity contribution in [1.29, 1.82) is 0 Å². The fourth-order valence-electron chi connectivity index (χ4n) is 6.33. The molecular formula is C33H36N6O2. The van der Waals surface area contributed by atoms with Crippen LogP contribution in [-0.2, 0) is 0 Å². The van der Waals surface area contributed by atoms with Crippen LogP contribution < -0.4 is 24.6 Å². The average molecular weight is 549 g/mol. The van der Waals surface area contributed by atoms with Crippen molar-refractivity contribution in [2.45, 2.75) is 32.7 Å². The molecule has 3 aromatic carbocycles. The zero-order valence-electron chi connectivity index (χ0n) is 24.3. The highest BCUT2D eigenvalue weighted by atomic mass is 16.5. The largest absolute Gasteiger partial charge is 0.488 e. The number of anilines is 4. The van der Waals surface area contributed by atoms with E-state index in [1.54, 1.807) is 6.33 Å². The molecule has 7 rings (SSSR count). The zero-order chi connectivity index (χ0) is 28.2. The highest BCUT2D eigenvalue weighted by Crippen LogP contribution is 2.44. The minimum atomic E-state index is 0.356. The number of ether oxygens (including phenoxy) is 2. The number of allylic oxidation sites excluding steroid dienone is 1. The van der Waals surface area contributed by atoms with Crippen molar-refractivity contribution < 1.29 is 9.47 Å². The Morgan fingerprint density at radius 1 is 0.976 bits per heavy atom. The van der Waals surface area contributed by atoms with Crippen LogP contribution in [0.25, 0.3) is 10.9 Å². The summed E-state index contributed by atoms with van der Waals surface area (Å²) in [6, 6.07) is 17.1. The van der Waals surface area contributed by atoms with Gasteiger partial charge in [-0.15, -0.1) is 0 Å². The van der Waals surface area contributed by atoms with Crippen molar-refractivity contribution in [3.05, 3.63) is 77.8 Å². The topological polar surface area (TPSA) is 66.0 Å². The molecule has 3 aliphatic rings. The normalized spacial score (nSPS) is 20.1. The van der Waals surface area contributed by atoms with Crippen LogP contribution in [0.3, 0.4) is 0 Å². The van der Waals surface area contributed by atoms with Gasteiger partial charge in [0.05, 0.1) is 22.6 Å². The van der Waals surface area contributed by atoms with Gasteiger partial charge < -0.3 is 29.5 Å². The van der Waals surface area contributed by atoms with E-state index >= 15 is 0 Å². The molecule has 210 valence electrons. The number of fused-ring (bicyclic) bond motifs is 6. The van der Waals surface area contributed by atoms with Crippen LogP contribution in [0.5, 0.6) is 17.2 Å². The SMILES string of the molecule is CC1=CN(C)c2ccc(Oc3ccc(Nc4ncnc5ccc6c(c45)OCC4CN(C)CCN64)cc3C)cc2C1C. The summed E-state index contributed by atoms with van der Waals surface area (Å²) >= 11 is 0. The monoisotopic (exact) mass is 548 g/mol. The second kappa shape index (κ2) is 9.96. The molecule has 0 amide bonds. The van der Waals surface area contributed by atoms with Crippen molar-refractivity contribution in [2.75, 3.05) is 55.5 Å². The maximum atomic E-state index is 6.39. The van der Waals surface area contributed by atoms with E-state index in [9.17, 15) is 0 Å². The first kappa shape index (κ1) is 25.7. The molecule has 8 nitrogen and oxygen atoms in total. The third kappa shape index (κ3) is 4.52. The van der Waals surface area contributed by atoms with Gasteiger partial charge in [0.25, 0.3) is 0 Å². The number of aryl methyl sites for hydroxylation is 1. The van der Waals surface area contributed by atoms with E-state index in [2.05, 4.69) is 101 Å². The molecule has 0 radical (unpaired) electrons. The number of hydrogen-bond acceptors (Lipinski definition) is 8. The molecule has 1 N–H and O–H groups in total. The maximum Gasteiger partial charge on any atom is 0.155 e. The van der Waals surface area contributed by atoms with Gasteiger partial charge in [-0.3, -0.25) is 0 Å². The smallest absolute Gasteiger partial charge is 0.155 e. The summed E-state index contributed by atoms with van der Waals surface area (Å²) in [5, 5.41) is 4.45. The van der Waals surface area contributed by atoms with E-state index in [0.29, 0.717) is 18.6 Å². The highest BCUT2D eigenvalue weighted by molar-refractivity contribution is 6.00. The minimum Gasteiger partial charge on any atom is -0.488 e. The Bertz CT molecular complexity index is 1680. The van der Waals surface area contributed by atoms with Crippen molar-refractivity contribution in [3.63, 3.8) is 0 Å². The van der Waals surface area contributed by atoms with Crippen LogP contribution >= 0.6 is 0 Å². The molecule has 0 aliphatic carbocycles. The van der Waals surface area contributed by atoms with Gasteiger partial charge in [-0.2, -0.15) is 0 Å². The molecule has 0 saturated carbocycles. The predicted octanol–water partition coefficient (Wildman–Crippen LogP) is 6.44. The van der Waals surface area contributed by atoms with E-state index in [-0.39, 0.29) is 0 Å². The van der Waals surface area contributed by atoms with E-state index < -0.39 is 0 Å². The third-order valence-corrected chi connectivity index (χ3v) is 8.74. The van der Waals surface area contributed by atoms with Crippen LogP contribution in [0.4, 0.5) is 22.9 Å². The maximum absolute atomic E-state index is 6.39. The Morgan fingerprint density at radius 2 is 1.83 bits per heavy atom. The fourth-order valence-corrected chi connectivity index (χ4v) is 6.33. The summed E-state index contributed by atoms with van der Waals surface area (Å²) in [6.07, 6.45) is 3.81. The Labute approximate surface area is 241 Å². The lowest BCUT2D eigenvalue weighted by atomic mass is 9.90. The van der Waals surface area contributed by atoms with Gasteiger partial charge in [0.2, 0.25) is 0 Å². The van der Waals surface area contributed by atoms with Gasteiger partial charge in [-0.05, 0) is 86.1 Å². The summed E-state index contributed by atoms with van der Waals surface area (Å²) in [4.78, 5) is 16.2. The Morgan fingerprint density at radius 3 is 2.68 bits per heavy atom. The minimum absolute atomic E-state index is 0.356. The molecule has 1 aromatic heterocycles. The Balaban J connectivity index is 1.16. The van der Waals surface area contributed by atoms with Gasteiger partial charge in [0.1, 0.15) is 30.3 Å². The number of nitrogens with one attached hydrogen (secondary N) is 1. The van der Waals surface area contributed by atoms with Crippen molar-refractivity contribution in [3.8, 4) is 17.2 Å². The summed E-state index contributed by atoms with van der Waals surface area (Å²) in [6.45, 7) is 10.2.